The highest BCUT2D eigenvalue weighted by atomic mass is 79.9. The molecule has 0 aromatic heterocycles. The molecule has 1 saturated heterocycles. The average Bonchev–Trinajstić information content (AvgIpc) is 2.47. The third-order valence-corrected chi connectivity index (χ3v) is 4.12. The zero-order chi connectivity index (χ0) is 15.4. The van der Waals surface area contributed by atoms with Gasteiger partial charge in [-0.2, -0.15) is 0 Å². The topological polar surface area (TPSA) is 52.7 Å². The van der Waals surface area contributed by atoms with Gasteiger partial charge in [-0.1, -0.05) is 15.9 Å². The Bertz CT molecular complexity index is 508. The largest absolute Gasteiger partial charge is 0.349 e. The van der Waals surface area contributed by atoms with E-state index in [-0.39, 0.29) is 18.0 Å². The molecule has 114 valence electrons. The summed E-state index contributed by atoms with van der Waals surface area (Å²) in [6, 6.07) is 7.47. The van der Waals surface area contributed by atoms with Crippen molar-refractivity contribution in [2.75, 3.05) is 27.2 Å². The van der Waals surface area contributed by atoms with Gasteiger partial charge in [0.1, 0.15) is 0 Å². The van der Waals surface area contributed by atoms with Crippen molar-refractivity contribution >= 4 is 27.9 Å². The number of nitrogens with one attached hydrogen (secondary N) is 1. The molecule has 2 rings (SSSR count). The van der Waals surface area contributed by atoms with Crippen LogP contribution in [0.4, 0.5) is 4.79 Å². The Hall–Kier alpha value is -1.56. The van der Waals surface area contributed by atoms with Gasteiger partial charge in [0.25, 0.3) is 5.91 Å². The van der Waals surface area contributed by atoms with E-state index in [1.165, 1.54) is 0 Å². The Kier molecular flexibility index (Phi) is 5.22. The molecule has 0 spiro atoms. The summed E-state index contributed by atoms with van der Waals surface area (Å²) in [5, 5.41) is 3.04. The first-order valence-electron chi connectivity index (χ1n) is 7.00. The van der Waals surface area contributed by atoms with Crippen molar-refractivity contribution in [1.29, 1.82) is 0 Å². The van der Waals surface area contributed by atoms with Gasteiger partial charge in [-0.05, 0) is 37.1 Å². The lowest BCUT2D eigenvalue weighted by Crippen LogP contribution is -2.49. The predicted octanol–water partition coefficient (Wildman–Crippen LogP) is 2.32. The Morgan fingerprint density at radius 3 is 2.29 bits per heavy atom. The standard InChI is InChI=1S/C15H20BrN3O2/c1-18(2)15(21)19-9-7-13(8-10-19)17-14(20)11-3-5-12(16)6-4-11/h3-6,13H,7-10H2,1-2H3,(H,17,20). The van der Waals surface area contributed by atoms with E-state index in [1.54, 1.807) is 31.1 Å². The molecule has 3 amide bonds. The number of piperidine rings is 1. The molecule has 1 N–H and O–H groups in total. The quantitative estimate of drug-likeness (QED) is 0.886. The van der Waals surface area contributed by atoms with Crippen LogP contribution in [0.3, 0.4) is 0 Å². The number of likely N-dealkylation sites (tertiary alicyclic amines) is 1. The predicted molar refractivity (Wildman–Crippen MR) is 85.3 cm³/mol. The fraction of sp³-hybridized carbons (Fsp3) is 0.467. The van der Waals surface area contributed by atoms with Crippen LogP contribution in [0.1, 0.15) is 23.2 Å². The molecule has 1 aromatic rings. The van der Waals surface area contributed by atoms with E-state index in [2.05, 4.69) is 21.2 Å². The van der Waals surface area contributed by atoms with E-state index < -0.39 is 0 Å². The fourth-order valence-electron chi connectivity index (χ4n) is 2.37. The molecule has 1 fully saturated rings. The molecule has 1 heterocycles. The van der Waals surface area contributed by atoms with E-state index >= 15 is 0 Å². The van der Waals surface area contributed by atoms with Crippen LogP contribution in [0.2, 0.25) is 0 Å². The number of amides is 3. The van der Waals surface area contributed by atoms with E-state index in [1.807, 2.05) is 17.0 Å². The van der Waals surface area contributed by atoms with Crippen molar-refractivity contribution in [3.8, 4) is 0 Å². The number of halogens is 1. The second-order valence-corrected chi connectivity index (χ2v) is 6.33. The molecular weight excluding hydrogens is 334 g/mol. The lowest BCUT2D eigenvalue weighted by Gasteiger charge is -2.33. The van der Waals surface area contributed by atoms with Crippen LogP contribution in [-0.4, -0.2) is 55.0 Å². The molecule has 0 saturated carbocycles. The summed E-state index contributed by atoms with van der Waals surface area (Å²) in [5.41, 5.74) is 0.657. The third kappa shape index (κ3) is 4.20. The molecular formula is C15H20BrN3O2. The smallest absolute Gasteiger partial charge is 0.319 e. The number of rotatable bonds is 2. The summed E-state index contributed by atoms with van der Waals surface area (Å²) >= 11 is 3.35. The Labute approximate surface area is 133 Å². The summed E-state index contributed by atoms with van der Waals surface area (Å²) < 4.78 is 0.953. The van der Waals surface area contributed by atoms with Crippen LogP contribution in [0.5, 0.6) is 0 Å². The molecule has 6 heteroatoms. The van der Waals surface area contributed by atoms with Gasteiger partial charge in [-0.25, -0.2) is 4.79 Å². The Morgan fingerprint density at radius 2 is 1.76 bits per heavy atom. The first-order valence-corrected chi connectivity index (χ1v) is 7.79. The van der Waals surface area contributed by atoms with Crippen LogP contribution in [0, 0.1) is 0 Å². The van der Waals surface area contributed by atoms with Gasteiger partial charge in [0.2, 0.25) is 0 Å². The zero-order valence-corrected chi connectivity index (χ0v) is 13.9. The van der Waals surface area contributed by atoms with E-state index in [0.717, 1.165) is 17.3 Å². The van der Waals surface area contributed by atoms with Crippen molar-refractivity contribution < 1.29 is 9.59 Å². The van der Waals surface area contributed by atoms with Crippen LogP contribution in [0.15, 0.2) is 28.7 Å². The minimum absolute atomic E-state index is 0.0349. The maximum Gasteiger partial charge on any atom is 0.319 e. The molecule has 0 atom stereocenters. The Morgan fingerprint density at radius 1 is 1.19 bits per heavy atom. The van der Waals surface area contributed by atoms with E-state index in [0.29, 0.717) is 18.7 Å². The van der Waals surface area contributed by atoms with Gasteiger partial charge >= 0.3 is 6.03 Å². The molecule has 21 heavy (non-hydrogen) atoms. The van der Waals surface area contributed by atoms with Crippen LogP contribution >= 0.6 is 15.9 Å². The summed E-state index contributed by atoms with van der Waals surface area (Å²) in [4.78, 5) is 27.4. The van der Waals surface area contributed by atoms with Crippen molar-refractivity contribution in [3.05, 3.63) is 34.3 Å². The van der Waals surface area contributed by atoms with Gasteiger partial charge in [-0.15, -0.1) is 0 Å². The lowest BCUT2D eigenvalue weighted by molar-refractivity contribution is 0.0914. The second-order valence-electron chi connectivity index (χ2n) is 5.42. The monoisotopic (exact) mass is 353 g/mol. The normalized spacial score (nSPS) is 15.7. The molecule has 0 bridgehead atoms. The molecule has 1 aliphatic heterocycles. The molecule has 0 aliphatic carbocycles. The lowest BCUT2D eigenvalue weighted by atomic mass is 10.0. The number of hydrogen-bond acceptors (Lipinski definition) is 2. The third-order valence-electron chi connectivity index (χ3n) is 3.59. The minimum atomic E-state index is -0.0557. The second kappa shape index (κ2) is 6.93. The minimum Gasteiger partial charge on any atom is -0.349 e. The van der Waals surface area contributed by atoms with Crippen molar-refractivity contribution in [1.82, 2.24) is 15.1 Å². The number of carbonyl (C=O) groups is 2. The van der Waals surface area contributed by atoms with Crippen molar-refractivity contribution in [3.63, 3.8) is 0 Å². The maximum atomic E-state index is 12.1. The number of hydrogen-bond donors (Lipinski definition) is 1. The summed E-state index contributed by atoms with van der Waals surface area (Å²) in [6.07, 6.45) is 1.59. The van der Waals surface area contributed by atoms with Crippen molar-refractivity contribution in [2.45, 2.75) is 18.9 Å². The fourth-order valence-corrected chi connectivity index (χ4v) is 2.63. The van der Waals surface area contributed by atoms with Gasteiger partial charge in [0.05, 0.1) is 0 Å². The first kappa shape index (κ1) is 15.8. The number of urea groups is 1. The summed E-state index contributed by atoms with van der Waals surface area (Å²) in [6.45, 7) is 1.37. The van der Waals surface area contributed by atoms with Crippen LogP contribution in [-0.2, 0) is 0 Å². The van der Waals surface area contributed by atoms with Gasteiger partial charge in [0.15, 0.2) is 0 Å². The highest BCUT2D eigenvalue weighted by Crippen LogP contribution is 2.14. The Balaban J connectivity index is 1.84. The zero-order valence-electron chi connectivity index (χ0n) is 12.3. The summed E-state index contributed by atoms with van der Waals surface area (Å²) in [7, 11) is 3.51. The van der Waals surface area contributed by atoms with E-state index in [9.17, 15) is 9.59 Å². The van der Waals surface area contributed by atoms with Crippen LogP contribution in [0.25, 0.3) is 0 Å². The van der Waals surface area contributed by atoms with Crippen molar-refractivity contribution in [2.24, 2.45) is 0 Å². The maximum absolute atomic E-state index is 12.1. The molecule has 5 nitrogen and oxygen atoms in total. The van der Waals surface area contributed by atoms with Gasteiger partial charge < -0.3 is 15.1 Å². The summed E-state index contributed by atoms with van der Waals surface area (Å²) in [5.74, 6) is -0.0557. The first-order chi connectivity index (χ1) is 9.97. The molecule has 1 aliphatic rings. The van der Waals surface area contributed by atoms with Gasteiger partial charge in [-0.3, -0.25) is 4.79 Å². The molecule has 0 radical (unpaired) electrons. The highest BCUT2D eigenvalue weighted by molar-refractivity contribution is 9.10. The van der Waals surface area contributed by atoms with Gasteiger partial charge in [0, 0.05) is 43.3 Å². The SMILES string of the molecule is CN(C)C(=O)N1CCC(NC(=O)c2ccc(Br)cc2)CC1. The average molecular weight is 354 g/mol. The number of benzene rings is 1. The highest BCUT2D eigenvalue weighted by Gasteiger charge is 2.24. The number of nitrogens with zero attached hydrogens (tertiary/aromatic N) is 2. The molecule has 0 unspecified atom stereocenters. The van der Waals surface area contributed by atoms with Crippen LogP contribution < -0.4 is 5.32 Å². The molecule has 1 aromatic carbocycles. The number of carbonyl (C=O) groups excluding carboxylic acids is 2. The van der Waals surface area contributed by atoms with E-state index in [4.69, 9.17) is 0 Å².